The molecule has 1 aromatic heterocycles. The first-order valence-electron chi connectivity index (χ1n) is 8.17. The molecule has 0 spiro atoms. The van der Waals surface area contributed by atoms with Gasteiger partial charge in [-0.25, -0.2) is 0 Å². The Morgan fingerprint density at radius 2 is 1.84 bits per heavy atom. The molecule has 0 saturated heterocycles. The van der Waals surface area contributed by atoms with Gasteiger partial charge in [-0.1, -0.05) is 24.0 Å². The zero-order chi connectivity index (χ0) is 17.9. The van der Waals surface area contributed by atoms with Crippen molar-refractivity contribution in [3.63, 3.8) is 0 Å². The van der Waals surface area contributed by atoms with Crippen molar-refractivity contribution < 1.29 is 14.3 Å². The number of ether oxygens (including phenoxy) is 2. The van der Waals surface area contributed by atoms with Crippen LogP contribution in [0.15, 0.2) is 42.6 Å². The number of rotatable bonds is 7. The normalized spacial score (nSPS) is 9.68. The SMILES string of the molecule is CCOc1ccc(CC(=O)NCC#CCOc2ccc(C)nc2)cc1. The summed E-state index contributed by atoms with van der Waals surface area (Å²) in [6.45, 7) is 5.04. The summed E-state index contributed by atoms with van der Waals surface area (Å²) in [6, 6.07) is 11.2. The van der Waals surface area contributed by atoms with Gasteiger partial charge in [0.25, 0.3) is 0 Å². The molecule has 5 nitrogen and oxygen atoms in total. The van der Waals surface area contributed by atoms with Crippen LogP contribution in [0.1, 0.15) is 18.2 Å². The van der Waals surface area contributed by atoms with E-state index in [0.717, 1.165) is 17.0 Å². The van der Waals surface area contributed by atoms with E-state index in [0.29, 0.717) is 25.3 Å². The van der Waals surface area contributed by atoms with Crippen LogP contribution in [0, 0.1) is 18.8 Å². The molecule has 0 aliphatic rings. The number of nitrogens with one attached hydrogen (secondary N) is 1. The molecule has 130 valence electrons. The van der Waals surface area contributed by atoms with Crippen LogP contribution < -0.4 is 14.8 Å². The summed E-state index contributed by atoms with van der Waals surface area (Å²) >= 11 is 0. The number of hydrogen-bond acceptors (Lipinski definition) is 4. The summed E-state index contributed by atoms with van der Waals surface area (Å²) in [4.78, 5) is 16.0. The average molecular weight is 338 g/mol. The lowest BCUT2D eigenvalue weighted by atomic mass is 10.1. The summed E-state index contributed by atoms with van der Waals surface area (Å²) < 4.78 is 10.8. The first kappa shape index (κ1) is 18.3. The van der Waals surface area contributed by atoms with Gasteiger partial charge in [-0.15, -0.1) is 0 Å². The highest BCUT2D eigenvalue weighted by Gasteiger charge is 2.02. The van der Waals surface area contributed by atoms with Gasteiger partial charge in [-0.05, 0) is 43.7 Å². The van der Waals surface area contributed by atoms with Crippen LogP contribution in [0.4, 0.5) is 0 Å². The third-order valence-electron chi connectivity index (χ3n) is 3.29. The molecule has 1 heterocycles. The highest BCUT2D eigenvalue weighted by atomic mass is 16.5. The van der Waals surface area contributed by atoms with Gasteiger partial charge in [-0.3, -0.25) is 9.78 Å². The second kappa shape index (κ2) is 9.99. The molecule has 0 atom stereocenters. The number of amides is 1. The van der Waals surface area contributed by atoms with Crippen LogP contribution >= 0.6 is 0 Å². The number of nitrogens with zero attached hydrogens (tertiary/aromatic N) is 1. The monoisotopic (exact) mass is 338 g/mol. The van der Waals surface area contributed by atoms with Crippen LogP contribution in [-0.2, 0) is 11.2 Å². The fourth-order valence-corrected chi connectivity index (χ4v) is 2.03. The molecule has 0 fully saturated rings. The highest BCUT2D eigenvalue weighted by Crippen LogP contribution is 2.12. The topological polar surface area (TPSA) is 60.5 Å². The maximum Gasteiger partial charge on any atom is 0.225 e. The Morgan fingerprint density at radius 3 is 2.52 bits per heavy atom. The van der Waals surface area contributed by atoms with E-state index in [2.05, 4.69) is 22.1 Å². The Hall–Kier alpha value is -3.00. The minimum atomic E-state index is -0.0675. The first-order valence-corrected chi connectivity index (χ1v) is 8.17. The molecule has 5 heteroatoms. The summed E-state index contributed by atoms with van der Waals surface area (Å²) in [7, 11) is 0. The van der Waals surface area contributed by atoms with E-state index in [1.807, 2.05) is 50.2 Å². The molecule has 1 aromatic carbocycles. The van der Waals surface area contributed by atoms with Gasteiger partial charge in [0.15, 0.2) is 0 Å². The van der Waals surface area contributed by atoms with Crippen molar-refractivity contribution in [2.24, 2.45) is 0 Å². The molecule has 0 unspecified atom stereocenters. The molecule has 2 aromatic rings. The first-order chi connectivity index (χ1) is 12.2. The number of hydrogen-bond donors (Lipinski definition) is 1. The smallest absolute Gasteiger partial charge is 0.225 e. The fraction of sp³-hybridized carbons (Fsp3) is 0.300. The van der Waals surface area contributed by atoms with E-state index < -0.39 is 0 Å². The predicted octanol–water partition coefficient (Wildman–Crippen LogP) is 2.53. The predicted molar refractivity (Wildman–Crippen MR) is 96.6 cm³/mol. The summed E-state index contributed by atoms with van der Waals surface area (Å²) in [5.41, 5.74) is 1.87. The lowest BCUT2D eigenvalue weighted by Crippen LogP contribution is -2.25. The quantitative estimate of drug-likeness (QED) is 0.788. The minimum absolute atomic E-state index is 0.0675. The van der Waals surface area contributed by atoms with E-state index in [1.165, 1.54) is 0 Å². The third kappa shape index (κ3) is 6.96. The van der Waals surface area contributed by atoms with Crippen LogP contribution in [0.3, 0.4) is 0 Å². The van der Waals surface area contributed by atoms with E-state index >= 15 is 0 Å². The van der Waals surface area contributed by atoms with Gasteiger partial charge in [0, 0.05) is 5.69 Å². The molecule has 25 heavy (non-hydrogen) atoms. The number of pyridine rings is 1. The largest absolute Gasteiger partial charge is 0.494 e. The number of carbonyl (C=O) groups excluding carboxylic acids is 1. The number of carbonyl (C=O) groups is 1. The van der Waals surface area contributed by atoms with Gasteiger partial charge in [0.2, 0.25) is 5.91 Å². The molecule has 2 rings (SSSR count). The van der Waals surface area contributed by atoms with Crippen LogP contribution in [0.25, 0.3) is 0 Å². The zero-order valence-electron chi connectivity index (χ0n) is 14.5. The Bertz CT molecular complexity index is 728. The summed E-state index contributed by atoms with van der Waals surface area (Å²) in [5, 5.41) is 2.77. The maximum absolute atomic E-state index is 11.9. The third-order valence-corrected chi connectivity index (χ3v) is 3.29. The number of aryl methyl sites for hydroxylation is 1. The van der Waals surface area contributed by atoms with Gasteiger partial charge in [-0.2, -0.15) is 0 Å². The van der Waals surface area contributed by atoms with Crippen molar-refractivity contribution in [3.05, 3.63) is 53.9 Å². The average Bonchev–Trinajstić information content (AvgIpc) is 2.61. The highest BCUT2D eigenvalue weighted by molar-refractivity contribution is 5.78. The van der Waals surface area contributed by atoms with Gasteiger partial charge < -0.3 is 14.8 Å². The molecule has 1 N–H and O–H groups in total. The van der Waals surface area contributed by atoms with Gasteiger partial charge in [0.1, 0.15) is 18.1 Å². The van der Waals surface area contributed by atoms with Gasteiger partial charge in [0.05, 0.1) is 25.8 Å². The Balaban J connectivity index is 1.65. The lowest BCUT2D eigenvalue weighted by Gasteiger charge is -2.05. The van der Waals surface area contributed by atoms with E-state index in [1.54, 1.807) is 6.20 Å². The van der Waals surface area contributed by atoms with E-state index in [-0.39, 0.29) is 12.5 Å². The minimum Gasteiger partial charge on any atom is -0.494 e. The number of benzene rings is 1. The standard InChI is InChI=1S/C20H22N2O3/c1-3-24-18-10-7-17(8-11-18)14-20(23)21-12-4-5-13-25-19-9-6-16(2)22-15-19/h6-11,15H,3,12-14H2,1-2H3,(H,21,23). The molecule has 0 bridgehead atoms. The fourth-order valence-electron chi connectivity index (χ4n) is 2.03. The van der Waals surface area contributed by atoms with E-state index in [4.69, 9.17) is 9.47 Å². The molecule has 0 saturated carbocycles. The van der Waals surface area contributed by atoms with Crippen molar-refractivity contribution in [2.45, 2.75) is 20.3 Å². The molecular formula is C20H22N2O3. The van der Waals surface area contributed by atoms with Crippen LogP contribution in [0.2, 0.25) is 0 Å². The number of aromatic nitrogens is 1. The van der Waals surface area contributed by atoms with Crippen molar-refractivity contribution in [1.29, 1.82) is 0 Å². The lowest BCUT2D eigenvalue weighted by molar-refractivity contribution is -0.120. The Kier molecular flexibility index (Phi) is 7.33. The van der Waals surface area contributed by atoms with E-state index in [9.17, 15) is 4.79 Å². The molecule has 0 aliphatic heterocycles. The molecular weight excluding hydrogens is 316 g/mol. The summed E-state index contributed by atoms with van der Waals surface area (Å²) in [6.07, 6.45) is 1.98. The Labute approximate surface area is 148 Å². The van der Waals surface area contributed by atoms with Crippen LogP contribution in [-0.4, -0.2) is 30.6 Å². The Morgan fingerprint density at radius 1 is 1.08 bits per heavy atom. The van der Waals surface area contributed by atoms with Crippen molar-refractivity contribution in [1.82, 2.24) is 10.3 Å². The van der Waals surface area contributed by atoms with Crippen molar-refractivity contribution in [3.8, 4) is 23.3 Å². The van der Waals surface area contributed by atoms with Crippen molar-refractivity contribution in [2.75, 3.05) is 19.8 Å². The molecule has 0 aliphatic carbocycles. The summed E-state index contributed by atoms with van der Waals surface area (Å²) in [5.74, 6) is 7.14. The van der Waals surface area contributed by atoms with Gasteiger partial charge >= 0.3 is 0 Å². The second-order valence-electron chi connectivity index (χ2n) is 5.31. The van der Waals surface area contributed by atoms with Crippen LogP contribution in [0.5, 0.6) is 11.5 Å². The molecule has 1 amide bonds. The second-order valence-corrected chi connectivity index (χ2v) is 5.31. The van der Waals surface area contributed by atoms with Crippen molar-refractivity contribution >= 4 is 5.91 Å². The maximum atomic E-state index is 11.9. The zero-order valence-corrected chi connectivity index (χ0v) is 14.5. The molecule has 0 radical (unpaired) electrons.